The van der Waals surface area contributed by atoms with Gasteiger partial charge in [-0.15, -0.1) is 0 Å². The van der Waals surface area contributed by atoms with Gasteiger partial charge in [0.15, 0.2) is 0 Å². The first kappa shape index (κ1) is 10.0. The summed E-state index contributed by atoms with van der Waals surface area (Å²) in [5, 5.41) is 0. The molecule has 0 bridgehead atoms. The molecule has 0 N–H and O–H groups in total. The smallest absolute Gasteiger partial charge is 0.0909 e. The van der Waals surface area contributed by atoms with E-state index in [1.165, 1.54) is 11.1 Å². The topological polar surface area (TPSA) is 0 Å². The van der Waals surface area contributed by atoms with Gasteiger partial charge in [-0.2, -0.15) is 0 Å². The molecule has 1 heteroatoms. The van der Waals surface area contributed by atoms with Gasteiger partial charge in [0.1, 0.15) is 7.85 Å². The highest BCUT2D eigenvalue weighted by atomic mass is 14.0. The molecule has 0 heterocycles. The van der Waals surface area contributed by atoms with Gasteiger partial charge in [-0.3, -0.25) is 0 Å². The Balaban J connectivity index is 2.56. The molecule has 0 aromatic heterocycles. The summed E-state index contributed by atoms with van der Waals surface area (Å²) in [6.45, 7) is 4.10. The van der Waals surface area contributed by atoms with Crippen molar-refractivity contribution in [3.63, 3.8) is 0 Å². The fourth-order valence-electron chi connectivity index (χ4n) is 1.77. The van der Waals surface area contributed by atoms with Gasteiger partial charge in [0.2, 0.25) is 0 Å². The van der Waals surface area contributed by atoms with Crippen molar-refractivity contribution in [2.24, 2.45) is 0 Å². The Hall–Kier alpha value is -1.50. The lowest BCUT2D eigenvalue weighted by Gasteiger charge is -2.09. The highest BCUT2D eigenvalue weighted by Gasteiger charge is 2.01. The van der Waals surface area contributed by atoms with Crippen LogP contribution in [0, 0.1) is 13.8 Å². The molecule has 0 amide bonds. The van der Waals surface area contributed by atoms with E-state index in [0.717, 1.165) is 16.6 Å². The molecular weight excluding hydrogens is 179 g/mol. The van der Waals surface area contributed by atoms with Gasteiger partial charge in [-0.1, -0.05) is 59.1 Å². The third-order valence-electron chi connectivity index (χ3n) is 2.70. The van der Waals surface area contributed by atoms with E-state index in [-0.39, 0.29) is 0 Å². The maximum atomic E-state index is 5.93. The summed E-state index contributed by atoms with van der Waals surface area (Å²) in [4.78, 5) is 0. The molecule has 0 unspecified atom stereocenters. The first-order valence-electron chi connectivity index (χ1n) is 5.10. The Bertz CT molecular complexity index is 449. The largest absolute Gasteiger partial charge is 0.114 e. The average Bonchev–Trinajstić information content (AvgIpc) is 2.26. The van der Waals surface area contributed by atoms with Crippen LogP contribution in [0.3, 0.4) is 0 Å². The maximum Gasteiger partial charge on any atom is 0.114 e. The number of benzene rings is 2. The number of rotatable bonds is 1. The van der Waals surface area contributed by atoms with E-state index >= 15 is 0 Å². The first-order chi connectivity index (χ1) is 7.18. The summed E-state index contributed by atoms with van der Waals surface area (Å²) in [7, 11) is 5.93. The van der Waals surface area contributed by atoms with Crippen LogP contribution in [0.4, 0.5) is 0 Å². The lowest BCUT2D eigenvalue weighted by molar-refractivity contribution is 1.43. The molecular formula is C14H13B. The minimum absolute atomic E-state index is 0.898. The summed E-state index contributed by atoms with van der Waals surface area (Å²) in [5.41, 5.74) is 5.67. The van der Waals surface area contributed by atoms with E-state index < -0.39 is 0 Å². The van der Waals surface area contributed by atoms with Crippen molar-refractivity contribution in [1.82, 2.24) is 0 Å². The zero-order chi connectivity index (χ0) is 10.8. The molecule has 0 spiro atoms. The van der Waals surface area contributed by atoms with Crippen molar-refractivity contribution in [3.8, 4) is 11.1 Å². The molecule has 2 rings (SSSR count). The molecule has 0 nitrogen and oxygen atoms in total. The SMILES string of the molecule is [B]c1c(C)cc(-c2ccccc2)cc1C. The third kappa shape index (κ3) is 1.96. The van der Waals surface area contributed by atoms with Crippen LogP contribution in [0.25, 0.3) is 11.1 Å². The van der Waals surface area contributed by atoms with Crippen LogP contribution in [0.15, 0.2) is 42.5 Å². The van der Waals surface area contributed by atoms with Gasteiger partial charge in [0.25, 0.3) is 0 Å². The van der Waals surface area contributed by atoms with Crippen molar-refractivity contribution in [3.05, 3.63) is 53.6 Å². The summed E-state index contributed by atoms with van der Waals surface area (Å²) >= 11 is 0. The van der Waals surface area contributed by atoms with Gasteiger partial charge in [0, 0.05) is 0 Å². The normalized spacial score (nSPS) is 10.3. The van der Waals surface area contributed by atoms with Gasteiger partial charge in [-0.05, 0) is 25.0 Å². The third-order valence-corrected chi connectivity index (χ3v) is 2.70. The molecule has 0 aliphatic rings. The Morgan fingerprint density at radius 3 is 1.87 bits per heavy atom. The number of aryl methyl sites for hydroxylation is 2. The summed E-state index contributed by atoms with van der Waals surface area (Å²) < 4.78 is 0. The fourth-order valence-corrected chi connectivity index (χ4v) is 1.77. The summed E-state index contributed by atoms with van der Waals surface area (Å²) in [6.07, 6.45) is 0. The predicted molar refractivity (Wildman–Crippen MR) is 66.7 cm³/mol. The Kier molecular flexibility index (Phi) is 2.63. The second kappa shape index (κ2) is 3.94. The number of hydrogen-bond donors (Lipinski definition) is 0. The molecule has 0 fully saturated rings. The van der Waals surface area contributed by atoms with E-state index in [0.29, 0.717) is 0 Å². The molecule has 72 valence electrons. The molecule has 0 aliphatic heterocycles. The van der Waals surface area contributed by atoms with Gasteiger partial charge in [-0.25, -0.2) is 0 Å². The zero-order valence-electron chi connectivity index (χ0n) is 9.12. The monoisotopic (exact) mass is 192 g/mol. The molecule has 2 radical (unpaired) electrons. The molecule has 0 saturated carbocycles. The van der Waals surface area contributed by atoms with Gasteiger partial charge in [0.05, 0.1) is 0 Å². The number of hydrogen-bond acceptors (Lipinski definition) is 0. The van der Waals surface area contributed by atoms with Crippen molar-refractivity contribution < 1.29 is 0 Å². The fraction of sp³-hybridized carbons (Fsp3) is 0.143. The van der Waals surface area contributed by atoms with E-state index in [1.54, 1.807) is 0 Å². The zero-order valence-corrected chi connectivity index (χ0v) is 9.12. The van der Waals surface area contributed by atoms with Crippen LogP contribution in [0.5, 0.6) is 0 Å². The van der Waals surface area contributed by atoms with E-state index in [1.807, 2.05) is 6.07 Å². The highest BCUT2D eigenvalue weighted by Crippen LogP contribution is 2.20. The Morgan fingerprint density at radius 1 is 0.800 bits per heavy atom. The van der Waals surface area contributed by atoms with Crippen LogP contribution in [0.1, 0.15) is 11.1 Å². The van der Waals surface area contributed by atoms with Crippen molar-refractivity contribution in [2.45, 2.75) is 13.8 Å². The first-order valence-corrected chi connectivity index (χ1v) is 5.10. The standard InChI is InChI=1S/C14H13B/c1-10-8-13(9-11(2)14(10)15)12-6-4-3-5-7-12/h3-9H,1-2H3. The van der Waals surface area contributed by atoms with Gasteiger partial charge >= 0.3 is 0 Å². The van der Waals surface area contributed by atoms with Crippen molar-refractivity contribution in [2.75, 3.05) is 0 Å². The molecule has 2 aromatic rings. The van der Waals surface area contributed by atoms with E-state index in [2.05, 4.69) is 50.2 Å². The van der Waals surface area contributed by atoms with E-state index in [4.69, 9.17) is 7.85 Å². The molecule has 0 saturated heterocycles. The molecule has 15 heavy (non-hydrogen) atoms. The lowest BCUT2D eigenvalue weighted by atomic mass is 9.84. The quantitative estimate of drug-likeness (QED) is 0.609. The Labute approximate surface area is 92.4 Å². The minimum Gasteiger partial charge on any atom is -0.0909 e. The summed E-state index contributed by atoms with van der Waals surface area (Å²) in [5.74, 6) is 0. The summed E-state index contributed by atoms with van der Waals surface area (Å²) in [6, 6.07) is 14.6. The predicted octanol–water partition coefficient (Wildman–Crippen LogP) is 2.76. The van der Waals surface area contributed by atoms with Crippen LogP contribution in [-0.2, 0) is 0 Å². The lowest BCUT2D eigenvalue weighted by Crippen LogP contribution is -2.11. The van der Waals surface area contributed by atoms with Crippen molar-refractivity contribution >= 4 is 13.3 Å². The second-order valence-electron chi connectivity index (χ2n) is 3.89. The average molecular weight is 192 g/mol. The van der Waals surface area contributed by atoms with E-state index in [9.17, 15) is 0 Å². The van der Waals surface area contributed by atoms with Crippen molar-refractivity contribution in [1.29, 1.82) is 0 Å². The highest BCUT2D eigenvalue weighted by molar-refractivity contribution is 6.34. The van der Waals surface area contributed by atoms with Gasteiger partial charge < -0.3 is 0 Å². The van der Waals surface area contributed by atoms with Crippen LogP contribution < -0.4 is 5.46 Å². The molecule has 0 atom stereocenters. The second-order valence-corrected chi connectivity index (χ2v) is 3.89. The Morgan fingerprint density at radius 2 is 1.33 bits per heavy atom. The maximum absolute atomic E-state index is 5.93. The van der Waals surface area contributed by atoms with Crippen LogP contribution in [-0.4, -0.2) is 7.85 Å². The molecule has 0 aliphatic carbocycles. The molecule has 2 aromatic carbocycles. The minimum atomic E-state index is 0.898. The van der Waals surface area contributed by atoms with Crippen LogP contribution >= 0.6 is 0 Å². The van der Waals surface area contributed by atoms with Crippen LogP contribution in [0.2, 0.25) is 0 Å².